The smallest absolute Gasteiger partial charge is 0.347 e. The lowest BCUT2D eigenvalue weighted by Crippen LogP contribution is -2.31. The highest BCUT2D eigenvalue weighted by atomic mass is 19.4. The third-order valence-corrected chi connectivity index (χ3v) is 3.60. The van der Waals surface area contributed by atoms with Crippen LogP contribution in [0.2, 0.25) is 0 Å². The summed E-state index contributed by atoms with van der Waals surface area (Å²) in [6.07, 6.45) is -2.37. The minimum absolute atomic E-state index is 0.0998. The predicted octanol–water partition coefficient (Wildman–Crippen LogP) is 3.08. The van der Waals surface area contributed by atoms with E-state index in [0.29, 0.717) is 5.69 Å². The summed E-state index contributed by atoms with van der Waals surface area (Å²) in [6.45, 7) is 1.69. The number of rotatable bonds is 6. The molecule has 0 aliphatic carbocycles. The summed E-state index contributed by atoms with van der Waals surface area (Å²) in [5, 5.41) is 2.65. The number of nitrogens with two attached hydrogens (primary N) is 1. The fraction of sp³-hybridized carbons (Fsp3) is 0.222. The molecule has 8 heteroatoms. The number of hydrogen-bond donors (Lipinski definition) is 2. The average Bonchev–Trinajstić information content (AvgIpc) is 2.64. The Morgan fingerprint density at radius 3 is 2.69 bits per heavy atom. The van der Waals surface area contributed by atoms with E-state index in [-0.39, 0.29) is 17.7 Å². The van der Waals surface area contributed by atoms with E-state index in [1.165, 1.54) is 25.1 Å². The SMILES string of the molecule is CC(ON)C(=Cc1cccc(C(F)(F)F)c1)C(=O)NCc1ccccn1. The molecule has 26 heavy (non-hydrogen) atoms. The van der Waals surface area contributed by atoms with Gasteiger partial charge < -0.3 is 5.32 Å². The first kappa shape index (κ1) is 19.6. The summed E-state index contributed by atoms with van der Waals surface area (Å²) in [5.41, 5.74) is 0.149. The second-order valence-corrected chi connectivity index (χ2v) is 5.50. The summed E-state index contributed by atoms with van der Waals surface area (Å²) in [7, 11) is 0. The van der Waals surface area contributed by atoms with Gasteiger partial charge in [-0.3, -0.25) is 14.6 Å². The van der Waals surface area contributed by atoms with Gasteiger partial charge in [0, 0.05) is 11.8 Å². The molecule has 0 saturated heterocycles. The molecule has 0 bridgehead atoms. The molecule has 1 unspecified atom stereocenters. The molecule has 1 heterocycles. The maximum atomic E-state index is 12.8. The maximum absolute atomic E-state index is 12.8. The normalized spacial score (nSPS) is 13.3. The molecule has 0 radical (unpaired) electrons. The monoisotopic (exact) mass is 365 g/mol. The van der Waals surface area contributed by atoms with Crippen LogP contribution in [0, 0.1) is 0 Å². The number of carbonyl (C=O) groups is 1. The predicted molar refractivity (Wildman–Crippen MR) is 90.2 cm³/mol. The second-order valence-electron chi connectivity index (χ2n) is 5.50. The van der Waals surface area contributed by atoms with Crippen molar-refractivity contribution in [3.8, 4) is 0 Å². The second kappa shape index (κ2) is 8.59. The van der Waals surface area contributed by atoms with Crippen LogP contribution in [0.25, 0.3) is 6.08 Å². The highest BCUT2D eigenvalue weighted by Crippen LogP contribution is 2.30. The number of halogens is 3. The van der Waals surface area contributed by atoms with Crippen molar-refractivity contribution < 1.29 is 22.8 Å². The fourth-order valence-corrected chi connectivity index (χ4v) is 2.20. The number of aromatic nitrogens is 1. The fourth-order valence-electron chi connectivity index (χ4n) is 2.20. The quantitative estimate of drug-likeness (QED) is 0.609. The first-order chi connectivity index (χ1) is 12.3. The van der Waals surface area contributed by atoms with Crippen molar-refractivity contribution >= 4 is 12.0 Å². The van der Waals surface area contributed by atoms with Gasteiger partial charge >= 0.3 is 6.18 Å². The van der Waals surface area contributed by atoms with Crippen molar-refractivity contribution in [3.63, 3.8) is 0 Å². The summed E-state index contributed by atoms with van der Waals surface area (Å²) >= 11 is 0. The van der Waals surface area contributed by atoms with Gasteiger partial charge in [0.1, 0.15) is 6.10 Å². The average molecular weight is 365 g/mol. The van der Waals surface area contributed by atoms with E-state index in [9.17, 15) is 18.0 Å². The van der Waals surface area contributed by atoms with Crippen LogP contribution in [0.5, 0.6) is 0 Å². The van der Waals surface area contributed by atoms with E-state index in [1.54, 1.807) is 24.4 Å². The molecular formula is C18H18F3N3O2. The molecule has 2 aromatic rings. The third kappa shape index (κ3) is 5.40. The van der Waals surface area contributed by atoms with Crippen molar-refractivity contribution in [1.82, 2.24) is 10.3 Å². The standard InChI is InChI=1S/C18H18F3N3O2/c1-12(26-22)16(17(25)24-11-15-7-2-3-8-23-15)10-13-5-4-6-14(9-13)18(19,20)21/h2-10,12H,11,22H2,1H3,(H,24,25). The molecule has 2 rings (SSSR count). The zero-order valence-electron chi connectivity index (χ0n) is 14.0. The van der Waals surface area contributed by atoms with E-state index >= 15 is 0 Å². The molecule has 0 aliphatic rings. The van der Waals surface area contributed by atoms with E-state index in [1.807, 2.05) is 0 Å². The molecule has 0 saturated carbocycles. The van der Waals surface area contributed by atoms with Crippen LogP contribution in [-0.2, 0) is 22.4 Å². The van der Waals surface area contributed by atoms with Crippen LogP contribution in [0.1, 0.15) is 23.7 Å². The van der Waals surface area contributed by atoms with Gasteiger partial charge in [0.05, 0.1) is 17.8 Å². The zero-order chi connectivity index (χ0) is 19.2. The van der Waals surface area contributed by atoms with Gasteiger partial charge in [-0.15, -0.1) is 0 Å². The Balaban J connectivity index is 2.23. The van der Waals surface area contributed by atoms with E-state index in [4.69, 9.17) is 5.90 Å². The van der Waals surface area contributed by atoms with Gasteiger partial charge in [0.2, 0.25) is 5.91 Å². The van der Waals surface area contributed by atoms with E-state index < -0.39 is 23.8 Å². The van der Waals surface area contributed by atoms with Crippen molar-refractivity contribution in [1.29, 1.82) is 0 Å². The zero-order valence-corrected chi connectivity index (χ0v) is 14.0. The van der Waals surface area contributed by atoms with Gasteiger partial charge in [-0.2, -0.15) is 13.2 Å². The van der Waals surface area contributed by atoms with Crippen molar-refractivity contribution in [3.05, 3.63) is 71.1 Å². The minimum Gasteiger partial charge on any atom is -0.347 e. The molecule has 0 aliphatic heterocycles. The molecule has 3 N–H and O–H groups in total. The molecular weight excluding hydrogens is 347 g/mol. The maximum Gasteiger partial charge on any atom is 0.416 e. The van der Waals surface area contributed by atoms with E-state index in [0.717, 1.165) is 12.1 Å². The summed E-state index contributed by atoms with van der Waals surface area (Å²) in [5.74, 6) is 4.65. The van der Waals surface area contributed by atoms with Crippen molar-refractivity contribution in [2.24, 2.45) is 5.90 Å². The first-order valence-electron chi connectivity index (χ1n) is 7.73. The van der Waals surface area contributed by atoms with Gasteiger partial charge in [-0.1, -0.05) is 18.2 Å². The number of nitrogens with one attached hydrogen (secondary N) is 1. The minimum atomic E-state index is -4.47. The third-order valence-electron chi connectivity index (χ3n) is 3.60. The summed E-state index contributed by atoms with van der Waals surface area (Å²) in [6, 6.07) is 9.90. The largest absolute Gasteiger partial charge is 0.416 e. The molecule has 0 spiro atoms. The van der Waals surface area contributed by atoms with Gasteiger partial charge in [0.15, 0.2) is 0 Å². The highest BCUT2D eigenvalue weighted by molar-refractivity contribution is 5.98. The van der Waals surface area contributed by atoms with Crippen molar-refractivity contribution in [2.45, 2.75) is 25.7 Å². The number of alkyl halides is 3. The lowest BCUT2D eigenvalue weighted by atomic mass is 10.0. The van der Waals surface area contributed by atoms with Crippen LogP contribution < -0.4 is 11.2 Å². The van der Waals surface area contributed by atoms with Crippen LogP contribution in [0.4, 0.5) is 13.2 Å². The number of amides is 1. The van der Waals surface area contributed by atoms with Crippen LogP contribution >= 0.6 is 0 Å². The Morgan fingerprint density at radius 2 is 2.08 bits per heavy atom. The first-order valence-corrected chi connectivity index (χ1v) is 7.73. The molecule has 5 nitrogen and oxygen atoms in total. The Bertz CT molecular complexity index is 777. The lowest BCUT2D eigenvalue weighted by molar-refractivity contribution is -0.137. The molecule has 1 aromatic carbocycles. The number of hydrogen-bond acceptors (Lipinski definition) is 4. The van der Waals surface area contributed by atoms with Gasteiger partial charge in [-0.25, -0.2) is 5.90 Å². The Morgan fingerprint density at radius 1 is 1.31 bits per heavy atom. The lowest BCUT2D eigenvalue weighted by Gasteiger charge is -2.14. The van der Waals surface area contributed by atoms with Crippen molar-refractivity contribution in [2.75, 3.05) is 0 Å². The van der Waals surface area contributed by atoms with Crippen LogP contribution in [-0.4, -0.2) is 17.0 Å². The Kier molecular flexibility index (Phi) is 6.48. The number of carbonyl (C=O) groups excluding carboxylic acids is 1. The number of nitrogens with zero attached hydrogens (tertiary/aromatic N) is 1. The molecule has 0 fully saturated rings. The summed E-state index contributed by atoms with van der Waals surface area (Å²) in [4.78, 5) is 21.2. The van der Waals surface area contributed by atoms with Gasteiger partial charge in [-0.05, 0) is 42.8 Å². The Labute approximate surface area is 148 Å². The van der Waals surface area contributed by atoms with Gasteiger partial charge in [0.25, 0.3) is 0 Å². The number of pyridine rings is 1. The molecule has 138 valence electrons. The van der Waals surface area contributed by atoms with Crippen LogP contribution in [0.15, 0.2) is 54.2 Å². The Hall–Kier alpha value is -2.71. The molecule has 1 atom stereocenters. The highest BCUT2D eigenvalue weighted by Gasteiger charge is 2.30. The van der Waals surface area contributed by atoms with E-state index in [2.05, 4.69) is 15.1 Å². The molecule has 1 amide bonds. The molecule has 1 aromatic heterocycles. The van der Waals surface area contributed by atoms with Crippen LogP contribution in [0.3, 0.4) is 0 Å². The number of benzene rings is 1. The summed E-state index contributed by atoms with van der Waals surface area (Å²) < 4.78 is 38.5. The topological polar surface area (TPSA) is 77.2 Å².